The highest BCUT2D eigenvalue weighted by atomic mass is 32.1. The quantitative estimate of drug-likeness (QED) is 0.443. The number of thiocarbonyl (C=S) groups is 1. The minimum Gasteiger partial charge on any atom is -0.469 e. The van der Waals surface area contributed by atoms with Crippen LogP contribution in [0.1, 0.15) is 12.8 Å². The summed E-state index contributed by atoms with van der Waals surface area (Å²) >= 11 is 5.39. The molecule has 1 aromatic rings. The maximum Gasteiger partial charge on any atom is 0.328 e. The first-order valence-corrected chi connectivity index (χ1v) is 10.3. The molecule has 12 heteroatoms. The van der Waals surface area contributed by atoms with Crippen LogP contribution in [-0.4, -0.2) is 85.7 Å². The number of carbonyl (C=O) groups is 3. The molecule has 1 fully saturated rings. The summed E-state index contributed by atoms with van der Waals surface area (Å²) in [6.45, 7) is 2.15. The molecular weight excluding hydrogens is 446 g/mol. The summed E-state index contributed by atoms with van der Waals surface area (Å²) in [5.41, 5.74) is -0.0855. The lowest BCUT2D eigenvalue weighted by Crippen LogP contribution is -2.50. The number of carbonyl (C=O) groups excluding carboxylic acids is 3. The zero-order chi connectivity index (χ0) is 23.7. The van der Waals surface area contributed by atoms with E-state index in [-0.39, 0.29) is 23.8 Å². The average Bonchev–Trinajstić information content (AvgIpc) is 3.00. The van der Waals surface area contributed by atoms with Crippen molar-refractivity contribution in [1.82, 2.24) is 15.1 Å². The van der Waals surface area contributed by atoms with Crippen LogP contribution in [-0.2, 0) is 23.9 Å². The summed E-state index contributed by atoms with van der Waals surface area (Å²) in [6, 6.07) is 1.96. The van der Waals surface area contributed by atoms with Gasteiger partial charge in [-0.05, 0) is 30.8 Å². The van der Waals surface area contributed by atoms with Crippen molar-refractivity contribution in [3.63, 3.8) is 0 Å². The highest BCUT2D eigenvalue weighted by Crippen LogP contribution is 2.15. The van der Waals surface area contributed by atoms with Gasteiger partial charge in [0.1, 0.15) is 17.7 Å². The molecule has 176 valence electrons. The monoisotopic (exact) mass is 472 g/mol. The second-order valence-electron chi connectivity index (χ2n) is 7.09. The first-order valence-electron chi connectivity index (χ1n) is 9.90. The van der Waals surface area contributed by atoms with E-state index in [4.69, 9.17) is 17.0 Å². The van der Waals surface area contributed by atoms with Crippen molar-refractivity contribution in [2.75, 3.05) is 52.3 Å². The Bertz CT molecular complexity index is 857. The molecular formula is C20H26F2N4O5S. The number of amides is 1. The van der Waals surface area contributed by atoms with Crippen molar-refractivity contribution in [2.45, 2.75) is 18.9 Å². The maximum atomic E-state index is 13.7. The molecule has 1 amide bonds. The van der Waals surface area contributed by atoms with Gasteiger partial charge in [0.25, 0.3) is 0 Å². The molecule has 1 heterocycles. The smallest absolute Gasteiger partial charge is 0.328 e. The Kier molecular flexibility index (Phi) is 9.72. The maximum absolute atomic E-state index is 13.7. The molecule has 9 nitrogen and oxygen atoms in total. The minimum absolute atomic E-state index is 0.0258. The third-order valence-electron chi connectivity index (χ3n) is 4.83. The zero-order valence-corrected chi connectivity index (χ0v) is 18.7. The summed E-state index contributed by atoms with van der Waals surface area (Å²) in [5, 5.41) is 5.56. The Hall–Kier alpha value is -2.86. The van der Waals surface area contributed by atoms with Crippen LogP contribution in [0.5, 0.6) is 0 Å². The van der Waals surface area contributed by atoms with Crippen LogP contribution < -0.4 is 10.6 Å². The number of halogens is 2. The fourth-order valence-electron chi connectivity index (χ4n) is 3.14. The van der Waals surface area contributed by atoms with Gasteiger partial charge in [0.2, 0.25) is 5.91 Å². The fraction of sp³-hybridized carbons (Fsp3) is 0.500. The number of methoxy groups -OCH3 is 2. The van der Waals surface area contributed by atoms with E-state index in [1.54, 1.807) is 0 Å². The van der Waals surface area contributed by atoms with Crippen molar-refractivity contribution in [3.8, 4) is 0 Å². The van der Waals surface area contributed by atoms with E-state index in [2.05, 4.69) is 15.4 Å². The number of hydrogen-bond acceptors (Lipinski definition) is 7. The Labute approximate surface area is 190 Å². The summed E-state index contributed by atoms with van der Waals surface area (Å²) in [4.78, 5) is 39.5. The molecule has 0 saturated carbocycles. The molecule has 0 bridgehead atoms. The number of benzene rings is 1. The number of esters is 2. The standard InChI is InChI=1S/C20H26F2N4O5S/c1-30-18(28)11-16(19(29)31-2)24-20(32)26-7-3-6-25(8-9-26)12-17(27)23-15-5-4-13(21)10-14(15)22/h4-5,10,16H,3,6-9,11-12H2,1-2H3,(H,23,27)(H,24,32). The number of anilines is 1. The predicted molar refractivity (Wildman–Crippen MR) is 116 cm³/mol. The molecule has 2 rings (SSSR count). The van der Waals surface area contributed by atoms with Gasteiger partial charge in [-0.15, -0.1) is 0 Å². The Morgan fingerprint density at radius 2 is 1.88 bits per heavy atom. The molecule has 0 spiro atoms. The van der Waals surface area contributed by atoms with Crippen LogP contribution in [0.15, 0.2) is 18.2 Å². The highest BCUT2D eigenvalue weighted by molar-refractivity contribution is 7.80. The van der Waals surface area contributed by atoms with Crippen LogP contribution in [0.25, 0.3) is 0 Å². The normalized spacial score (nSPS) is 15.3. The van der Waals surface area contributed by atoms with Crippen LogP contribution in [0, 0.1) is 11.6 Å². The SMILES string of the molecule is COC(=O)CC(NC(=S)N1CCCN(CC(=O)Nc2ccc(F)cc2F)CC1)C(=O)OC. The third kappa shape index (κ3) is 7.68. The van der Waals surface area contributed by atoms with Gasteiger partial charge in [-0.1, -0.05) is 0 Å². The summed E-state index contributed by atoms with van der Waals surface area (Å²) < 4.78 is 36.0. The van der Waals surface area contributed by atoms with E-state index in [9.17, 15) is 23.2 Å². The van der Waals surface area contributed by atoms with Gasteiger partial charge in [-0.2, -0.15) is 0 Å². The van der Waals surface area contributed by atoms with E-state index < -0.39 is 35.5 Å². The predicted octanol–water partition coefficient (Wildman–Crippen LogP) is 0.890. The van der Waals surface area contributed by atoms with Crippen LogP contribution >= 0.6 is 12.2 Å². The van der Waals surface area contributed by atoms with Crippen molar-refractivity contribution in [3.05, 3.63) is 29.8 Å². The first kappa shape index (κ1) is 25.4. The number of rotatable bonds is 7. The van der Waals surface area contributed by atoms with Crippen molar-refractivity contribution < 1.29 is 32.6 Å². The Balaban J connectivity index is 1.88. The van der Waals surface area contributed by atoms with Gasteiger partial charge in [0, 0.05) is 32.2 Å². The van der Waals surface area contributed by atoms with Crippen molar-refractivity contribution in [2.24, 2.45) is 0 Å². The molecule has 2 N–H and O–H groups in total. The topological polar surface area (TPSA) is 100 Å². The molecule has 32 heavy (non-hydrogen) atoms. The number of nitrogens with zero attached hydrogens (tertiary/aromatic N) is 2. The summed E-state index contributed by atoms with van der Waals surface area (Å²) in [6.07, 6.45) is 0.448. The van der Waals surface area contributed by atoms with E-state index in [0.717, 1.165) is 6.07 Å². The first-order chi connectivity index (χ1) is 15.2. The van der Waals surface area contributed by atoms with Gasteiger partial charge in [-0.25, -0.2) is 13.6 Å². The van der Waals surface area contributed by atoms with Gasteiger partial charge >= 0.3 is 11.9 Å². The Morgan fingerprint density at radius 1 is 1.12 bits per heavy atom. The molecule has 1 aliphatic rings. The second-order valence-corrected chi connectivity index (χ2v) is 7.48. The van der Waals surface area contributed by atoms with E-state index in [1.807, 2.05) is 9.80 Å². The van der Waals surface area contributed by atoms with Crippen LogP contribution in [0.2, 0.25) is 0 Å². The lowest BCUT2D eigenvalue weighted by Gasteiger charge is -2.27. The lowest BCUT2D eigenvalue weighted by molar-refractivity contribution is -0.149. The van der Waals surface area contributed by atoms with Crippen molar-refractivity contribution >= 4 is 40.9 Å². The number of hydrogen-bond donors (Lipinski definition) is 2. The molecule has 0 aromatic heterocycles. The van der Waals surface area contributed by atoms with E-state index >= 15 is 0 Å². The highest BCUT2D eigenvalue weighted by Gasteiger charge is 2.26. The van der Waals surface area contributed by atoms with Gasteiger partial charge in [-0.3, -0.25) is 14.5 Å². The largest absolute Gasteiger partial charge is 0.469 e. The minimum atomic E-state index is -0.976. The zero-order valence-electron chi connectivity index (χ0n) is 17.9. The van der Waals surface area contributed by atoms with Crippen LogP contribution in [0.3, 0.4) is 0 Å². The molecule has 0 radical (unpaired) electrons. The Morgan fingerprint density at radius 3 is 2.53 bits per heavy atom. The van der Waals surface area contributed by atoms with E-state index in [0.29, 0.717) is 38.7 Å². The van der Waals surface area contributed by atoms with Gasteiger partial charge < -0.3 is 25.0 Å². The van der Waals surface area contributed by atoms with Crippen molar-refractivity contribution in [1.29, 1.82) is 0 Å². The lowest BCUT2D eigenvalue weighted by atomic mass is 10.2. The van der Waals surface area contributed by atoms with E-state index in [1.165, 1.54) is 20.3 Å². The molecule has 1 unspecified atom stereocenters. The average molecular weight is 473 g/mol. The number of nitrogens with one attached hydrogen (secondary N) is 2. The fourth-order valence-corrected chi connectivity index (χ4v) is 3.47. The summed E-state index contributed by atoms with van der Waals surface area (Å²) in [7, 11) is 2.43. The van der Waals surface area contributed by atoms with Gasteiger partial charge in [0.05, 0.1) is 32.9 Å². The molecule has 1 aliphatic heterocycles. The summed E-state index contributed by atoms with van der Waals surface area (Å²) in [5.74, 6) is -3.21. The number of ether oxygens (including phenoxy) is 2. The van der Waals surface area contributed by atoms with Crippen LogP contribution in [0.4, 0.5) is 14.5 Å². The molecule has 1 saturated heterocycles. The van der Waals surface area contributed by atoms with Gasteiger partial charge in [0.15, 0.2) is 5.11 Å². The second kappa shape index (κ2) is 12.2. The molecule has 1 aromatic carbocycles. The molecule has 1 atom stereocenters. The third-order valence-corrected chi connectivity index (χ3v) is 5.21. The molecule has 0 aliphatic carbocycles.